The number of methoxy groups -OCH3 is 1. The quantitative estimate of drug-likeness (QED) is 0.225. The molecule has 4 unspecified atom stereocenters. The molecule has 202 valence electrons. The van der Waals surface area contributed by atoms with E-state index in [0.29, 0.717) is 6.54 Å². The molecule has 0 bridgehead atoms. The average Bonchev–Trinajstić information content (AvgIpc) is 3.01. The van der Waals surface area contributed by atoms with E-state index < -0.39 is 6.29 Å². The molecule has 1 aliphatic heterocycles. The van der Waals surface area contributed by atoms with Gasteiger partial charge < -0.3 is 25.1 Å². The van der Waals surface area contributed by atoms with E-state index in [2.05, 4.69) is 49.4 Å². The number of hydrogen-bond donors (Lipinski definition) is 2. The Bertz CT molecular complexity index is 1360. The van der Waals surface area contributed by atoms with E-state index in [1.807, 2.05) is 54.6 Å². The molecule has 1 heterocycles. The maximum atomic E-state index is 9.51. The number of aliphatic hydroxyl groups excluding tert-OH is 1. The van der Waals surface area contributed by atoms with Gasteiger partial charge >= 0.3 is 0 Å². The molecule has 0 spiro atoms. The molecule has 1 fully saturated rings. The number of aliphatic hydroxyl groups is 1. The zero-order valence-electron chi connectivity index (χ0n) is 22.3. The van der Waals surface area contributed by atoms with Gasteiger partial charge in [-0.3, -0.25) is 0 Å². The first-order valence-corrected chi connectivity index (χ1v) is 14.2. The topological polar surface area (TPSA) is 73.9 Å². The van der Waals surface area contributed by atoms with Crippen molar-refractivity contribution in [1.82, 2.24) is 0 Å². The maximum Gasteiger partial charge on any atom is 0.184 e. The van der Waals surface area contributed by atoms with Gasteiger partial charge in [0.25, 0.3) is 0 Å². The molecule has 0 aliphatic carbocycles. The second-order valence-electron chi connectivity index (χ2n) is 9.77. The summed E-state index contributed by atoms with van der Waals surface area (Å²) in [4.78, 5) is 1.09. The maximum absolute atomic E-state index is 9.51. The Labute approximate surface area is 234 Å². The number of ether oxygens (including phenoxy) is 3. The Balaban J connectivity index is 1.41. The van der Waals surface area contributed by atoms with Crippen molar-refractivity contribution in [3.05, 3.63) is 119 Å². The smallest absolute Gasteiger partial charge is 0.184 e. The van der Waals surface area contributed by atoms with Crippen LogP contribution in [-0.4, -0.2) is 24.1 Å². The van der Waals surface area contributed by atoms with Crippen molar-refractivity contribution in [3.63, 3.8) is 0 Å². The molecular weight excluding hydrogens is 506 g/mol. The summed E-state index contributed by atoms with van der Waals surface area (Å²) >= 11 is 1.74. The third kappa shape index (κ3) is 6.21. The Morgan fingerprint density at radius 3 is 2.26 bits per heavy atom. The standard InChI is InChI=1S/C33H35NO4S/c1-22-30(21-39-31-10-6-5-9-29(31)36-2)37-33(38-32(22)25-13-11-23(20-35)12-14-25)26-17-15-24(16-18-26)28-8-4-3-7-27(28)19-34/h3-18,22,30,32-33,35H,19-21,34H2,1-2H3. The number of thioether (sulfide) groups is 1. The molecule has 4 aromatic rings. The zero-order valence-corrected chi connectivity index (χ0v) is 23.1. The summed E-state index contributed by atoms with van der Waals surface area (Å²) in [5.74, 6) is 1.73. The van der Waals surface area contributed by atoms with Crippen molar-refractivity contribution in [3.8, 4) is 16.9 Å². The Kier molecular flexibility index (Phi) is 9.02. The first-order valence-electron chi connectivity index (χ1n) is 13.3. The van der Waals surface area contributed by atoms with Crippen molar-refractivity contribution in [1.29, 1.82) is 0 Å². The van der Waals surface area contributed by atoms with Gasteiger partial charge in [-0.25, -0.2) is 0 Å². The van der Waals surface area contributed by atoms with Crippen LogP contribution >= 0.6 is 11.8 Å². The van der Waals surface area contributed by atoms with Gasteiger partial charge in [-0.1, -0.05) is 91.9 Å². The van der Waals surface area contributed by atoms with Crippen LogP contribution in [0.1, 0.15) is 41.6 Å². The summed E-state index contributed by atoms with van der Waals surface area (Å²) in [5, 5.41) is 9.51. The van der Waals surface area contributed by atoms with E-state index in [-0.39, 0.29) is 24.7 Å². The third-order valence-corrected chi connectivity index (χ3v) is 8.47. The summed E-state index contributed by atoms with van der Waals surface area (Å²) in [7, 11) is 1.70. The lowest BCUT2D eigenvalue weighted by Gasteiger charge is -2.41. The van der Waals surface area contributed by atoms with Crippen LogP contribution in [-0.2, 0) is 22.6 Å². The van der Waals surface area contributed by atoms with Crippen LogP contribution in [0.15, 0.2) is 102 Å². The van der Waals surface area contributed by atoms with E-state index in [1.165, 1.54) is 0 Å². The van der Waals surface area contributed by atoms with E-state index in [9.17, 15) is 5.11 Å². The lowest BCUT2D eigenvalue weighted by molar-refractivity contribution is -0.268. The molecule has 1 aliphatic rings. The number of hydrogen-bond acceptors (Lipinski definition) is 6. The van der Waals surface area contributed by atoms with Crippen LogP contribution in [0.2, 0.25) is 0 Å². The fourth-order valence-corrected chi connectivity index (χ4v) is 6.21. The van der Waals surface area contributed by atoms with Crippen LogP contribution in [0.25, 0.3) is 11.1 Å². The van der Waals surface area contributed by atoms with E-state index >= 15 is 0 Å². The molecule has 0 radical (unpaired) electrons. The van der Waals surface area contributed by atoms with E-state index in [1.54, 1.807) is 18.9 Å². The van der Waals surface area contributed by atoms with Gasteiger partial charge in [0.15, 0.2) is 6.29 Å². The van der Waals surface area contributed by atoms with Crippen molar-refractivity contribution >= 4 is 11.8 Å². The molecule has 1 saturated heterocycles. The molecule has 4 atom stereocenters. The molecule has 5 nitrogen and oxygen atoms in total. The number of rotatable bonds is 9. The lowest BCUT2D eigenvalue weighted by atomic mass is 9.91. The first kappa shape index (κ1) is 27.4. The highest BCUT2D eigenvalue weighted by Gasteiger charge is 2.38. The molecule has 6 heteroatoms. The highest BCUT2D eigenvalue weighted by Crippen LogP contribution is 2.44. The number of benzene rings is 4. The first-order chi connectivity index (χ1) is 19.1. The summed E-state index contributed by atoms with van der Waals surface area (Å²) in [5.41, 5.74) is 12.3. The van der Waals surface area contributed by atoms with Crippen molar-refractivity contribution in [2.45, 2.75) is 43.5 Å². The SMILES string of the molecule is COc1ccccc1SCC1OC(c2ccc(-c3ccccc3CN)cc2)OC(c2ccc(CO)cc2)C1C. The van der Waals surface area contributed by atoms with E-state index in [0.717, 1.165) is 49.8 Å². The third-order valence-electron chi connectivity index (χ3n) is 7.33. The molecule has 0 amide bonds. The number of nitrogens with two attached hydrogens (primary N) is 1. The van der Waals surface area contributed by atoms with Crippen LogP contribution in [0, 0.1) is 5.92 Å². The molecule has 0 aromatic heterocycles. The van der Waals surface area contributed by atoms with Crippen molar-refractivity contribution < 1.29 is 19.3 Å². The lowest BCUT2D eigenvalue weighted by Crippen LogP contribution is -2.38. The summed E-state index contributed by atoms with van der Waals surface area (Å²) in [6.07, 6.45) is -0.720. The summed E-state index contributed by atoms with van der Waals surface area (Å²) in [6.45, 7) is 2.69. The van der Waals surface area contributed by atoms with E-state index in [4.69, 9.17) is 19.9 Å². The Morgan fingerprint density at radius 2 is 1.54 bits per heavy atom. The van der Waals surface area contributed by atoms with Gasteiger partial charge in [0.2, 0.25) is 0 Å². The minimum absolute atomic E-state index is 0.0188. The summed E-state index contributed by atoms with van der Waals surface area (Å²) < 4.78 is 18.8. The second-order valence-corrected chi connectivity index (χ2v) is 10.8. The molecule has 4 aromatic carbocycles. The van der Waals surface area contributed by atoms with Crippen LogP contribution in [0.4, 0.5) is 0 Å². The zero-order chi connectivity index (χ0) is 27.2. The molecule has 39 heavy (non-hydrogen) atoms. The fraction of sp³-hybridized carbons (Fsp3) is 0.273. The van der Waals surface area contributed by atoms with Crippen molar-refractivity contribution in [2.24, 2.45) is 11.7 Å². The molecule has 5 rings (SSSR count). The molecule has 0 saturated carbocycles. The number of para-hydroxylation sites is 1. The van der Waals surface area contributed by atoms with Gasteiger partial charge in [-0.15, -0.1) is 11.8 Å². The average molecular weight is 542 g/mol. The van der Waals surface area contributed by atoms with Crippen molar-refractivity contribution in [2.75, 3.05) is 12.9 Å². The Morgan fingerprint density at radius 1 is 0.846 bits per heavy atom. The predicted octanol–water partition coefficient (Wildman–Crippen LogP) is 6.90. The monoisotopic (exact) mass is 541 g/mol. The van der Waals surface area contributed by atoms with Gasteiger partial charge in [0, 0.05) is 28.7 Å². The highest BCUT2D eigenvalue weighted by atomic mass is 32.2. The molecule has 3 N–H and O–H groups in total. The highest BCUT2D eigenvalue weighted by molar-refractivity contribution is 7.99. The van der Waals surface area contributed by atoms with Gasteiger partial charge in [-0.05, 0) is 39.9 Å². The Hall–Kier alpha value is -3.13. The van der Waals surface area contributed by atoms with Crippen LogP contribution < -0.4 is 10.5 Å². The summed E-state index contributed by atoms with van der Waals surface area (Å²) in [6, 6.07) is 32.7. The minimum atomic E-state index is -0.509. The van der Waals surface area contributed by atoms with Crippen LogP contribution in [0.5, 0.6) is 5.75 Å². The normalized spacial score (nSPS) is 21.0. The minimum Gasteiger partial charge on any atom is -0.496 e. The van der Waals surface area contributed by atoms with Gasteiger partial charge in [0.1, 0.15) is 5.75 Å². The van der Waals surface area contributed by atoms with Crippen LogP contribution in [0.3, 0.4) is 0 Å². The predicted molar refractivity (Wildman–Crippen MR) is 156 cm³/mol. The largest absolute Gasteiger partial charge is 0.496 e. The van der Waals surface area contributed by atoms with Gasteiger partial charge in [0.05, 0.1) is 25.9 Å². The fourth-order valence-electron chi connectivity index (χ4n) is 5.02. The van der Waals surface area contributed by atoms with Gasteiger partial charge in [-0.2, -0.15) is 0 Å². The molecular formula is C33H35NO4S. The second kappa shape index (κ2) is 12.8.